The summed E-state index contributed by atoms with van der Waals surface area (Å²) in [6.45, 7) is 0. The highest BCUT2D eigenvalue weighted by Crippen LogP contribution is 2.34. The Labute approximate surface area is 108 Å². The van der Waals surface area contributed by atoms with Crippen LogP contribution in [0.3, 0.4) is 0 Å². The van der Waals surface area contributed by atoms with Crippen LogP contribution in [0.5, 0.6) is 5.75 Å². The van der Waals surface area contributed by atoms with Crippen molar-refractivity contribution in [2.24, 2.45) is 0 Å². The molecule has 1 aromatic rings. The number of rotatable bonds is 2. The van der Waals surface area contributed by atoms with Gasteiger partial charge in [-0.15, -0.1) is 0 Å². The molecule has 1 fully saturated rings. The smallest absolute Gasteiger partial charge is 0.115 e. The maximum absolute atomic E-state index is 10.0. The molecule has 3 unspecified atom stereocenters. The van der Waals surface area contributed by atoms with Crippen LogP contribution in [0.4, 0.5) is 0 Å². The first kappa shape index (κ1) is 12.0. The molecule has 0 radical (unpaired) electrons. The van der Waals surface area contributed by atoms with E-state index in [1.807, 2.05) is 12.1 Å². The standard InChI is InChI=1S/C15H21NO2/c17-11-6-7-12-10(9-11)5-8-13(12)16-14-3-1-2-4-15(14)18/h6-7,9,13-18H,1-5,8H2. The third kappa shape index (κ3) is 2.25. The number of hydrogen-bond donors (Lipinski definition) is 3. The van der Waals surface area contributed by atoms with Gasteiger partial charge in [0, 0.05) is 12.1 Å². The molecule has 1 saturated carbocycles. The van der Waals surface area contributed by atoms with E-state index in [0.717, 1.165) is 32.1 Å². The Bertz CT molecular complexity index is 433. The molecule has 0 aromatic heterocycles. The monoisotopic (exact) mass is 247 g/mol. The molecule has 3 N–H and O–H groups in total. The molecule has 2 aliphatic rings. The molecule has 0 spiro atoms. The van der Waals surface area contributed by atoms with E-state index in [-0.39, 0.29) is 12.1 Å². The van der Waals surface area contributed by atoms with Crippen LogP contribution in [0.2, 0.25) is 0 Å². The number of aryl methyl sites for hydroxylation is 1. The number of aromatic hydroxyl groups is 1. The highest BCUT2D eigenvalue weighted by Gasteiger charge is 2.29. The van der Waals surface area contributed by atoms with Crippen molar-refractivity contribution in [2.45, 2.75) is 56.7 Å². The lowest BCUT2D eigenvalue weighted by atomic mass is 9.91. The fourth-order valence-electron chi connectivity index (χ4n) is 3.34. The summed E-state index contributed by atoms with van der Waals surface area (Å²) in [5, 5.41) is 23.1. The van der Waals surface area contributed by atoms with Gasteiger partial charge in [-0.2, -0.15) is 0 Å². The molecule has 3 nitrogen and oxygen atoms in total. The first-order valence-electron chi connectivity index (χ1n) is 7.00. The molecule has 0 aliphatic heterocycles. The molecule has 0 saturated heterocycles. The Hall–Kier alpha value is -1.06. The Morgan fingerprint density at radius 2 is 1.94 bits per heavy atom. The predicted octanol–water partition coefficient (Wildman–Crippen LogP) is 2.27. The highest BCUT2D eigenvalue weighted by atomic mass is 16.3. The molecule has 0 heterocycles. The molecule has 3 heteroatoms. The van der Waals surface area contributed by atoms with Crippen LogP contribution >= 0.6 is 0 Å². The van der Waals surface area contributed by atoms with Gasteiger partial charge in [0.15, 0.2) is 0 Å². The van der Waals surface area contributed by atoms with Crippen LogP contribution in [0, 0.1) is 0 Å². The summed E-state index contributed by atoms with van der Waals surface area (Å²) in [6.07, 6.45) is 6.25. The number of aliphatic hydroxyl groups is 1. The van der Waals surface area contributed by atoms with Crippen LogP contribution in [-0.4, -0.2) is 22.4 Å². The number of hydrogen-bond acceptors (Lipinski definition) is 3. The van der Waals surface area contributed by atoms with E-state index in [9.17, 15) is 10.2 Å². The second-order valence-electron chi connectivity index (χ2n) is 5.60. The molecule has 2 aliphatic carbocycles. The van der Waals surface area contributed by atoms with Gasteiger partial charge in [0.2, 0.25) is 0 Å². The van der Waals surface area contributed by atoms with Gasteiger partial charge in [0.1, 0.15) is 5.75 Å². The maximum atomic E-state index is 10.0. The summed E-state index contributed by atoms with van der Waals surface area (Å²) < 4.78 is 0. The number of aliphatic hydroxyl groups excluding tert-OH is 1. The largest absolute Gasteiger partial charge is 0.508 e. The first-order chi connectivity index (χ1) is 8.74. The van der Waals surface area contributed by atoms with Crippen molar-refractivity contribution < 1.29 is 10.2 Å². The highest BCUT2D eigenvalue weighted by molar-refractivity contribution is 5.40. The van der Waals surface area contributed by atoms with E-state index in [1.165, 1.54) is 17.5 Å². The SMILES string of the molecule is Oc1ccc2c(c1)CCC2NC1CCCCC1O. The molecule has 3 atom stereocenters. The fourth-order valence-corrected chi connectivity index (χ4v) is 3.34. The average Bonchev–Trinajstić information content (AvgIpc) is 2.74. The van der Waals surface area contributed by atoms with Crippen molar-refractivity contribution in [3.8, 4) is 5.75 Å². The van der Waals surface area contributed by atoms with Crippen molar-refractivity contribution in [1.29, 1.82) is 0 Å². The van der Waals surface area contributed by atoms with Crippen molar-refractivity contribution in [2.75, 3.05) is 0 Å². The van der Waals surface area contributed by atoms with Gasteiger partial charge in [-0.3, -0.25) is 0 Å². The van der Waals surface area contributed by atoms with E-state index in [1.54, 1.807) is 6.07 Å². The average molecular weight is 247 g/mol. The van der Waals surface area contributed by atoms with Crippen molar-refractivity contribution >= 4 is 0 Å². The normalized spacial score (nSPS) is 31.3. The van der Waals surface area contributed by atoms with Crippen LogP contribution in [0.25, 0.3) is 0 Å². The number of phenolic OH excluding ortho intramolecular Hbond substituents is 1. The van der Waals surface area contributed by atoms with Gasteiger partial charge in [-0.05, 0) is 48.9 Å². The van der Waals surface area contributed by atoms with Crippen molar-refractivity contribution in [3.05, 3.63) is 29.3 Å². The summed E-state index contributed by atoms with van der Waals surface area (Å²) in [4.78, 5) is 0. The van der Waals surface area contributed by atoms with Gasteiger partial charge in [0.25, 0.3) is 0 Å². The zero-order valence-corrected chi connectivity index (χ0v) is 10.6. The minimum Gasteiger partial charge on any atom is -0.508 e. The van der Waals surface area contributed by atoms with Crippen LogP contribution in [0.15, 0.2) is 18.2 Å². The second-order valence-corrected chi connectivity index (χ2v) is 5.60. The Morgan fingerprint density at radius 1 is 1.11 bits per heavy atom. The van der Waals surface area contributed by atoms with E-state index in [2.05, 4.69) is 5.32 Å². The van der Waals surface area contributed by atoms with Crippen LogP contribution < -0.4 is 5.32 Å². The van der Waals surface area contributed by atoms with Crippen LogP contribution in [-0.2, 0) is 6.42 Å². The van der Waals surface area contributed by atoms with E-state index < -0.39 is 0 Å². The van der Waals surface area contributed by atoms with Gasteiger partial charge in [-0.1, -0.05) is 18.9 Å². The van der Waals surface area contributed by atoms with Crippen molar-refractivity contribution in [1.82, 2.24) is 5.32 Å². The Balaban J connectivity index is 1.72. The van der Waals surface area contributed by atoms with E-state index in [0.29, 0.717) is 11.8 Å². The quantitative estimate of drug-likeness (QED) is 0.751. The minimum atomic E-state index is -0.195. The summed E-state index contributed by atoms with van der Waals surface area (Å²) >= 11 is 0. The lowest BCUT2D eigenvalue weighted by Crippen LogP contribution is -2.43. The van der Waals surface area contributed by atoms with Gasteiger partial charge >= 0.3 is 0 Å². The van der Waals surface area contributed by atoms with Crippen LogP contribution in [0.1, 0.15) is 49.3 Å². The summed E-state index contributed by atoms with van der Waals surface area (Å²) in [7, 11) is 0. The first-order valence-corrected chi connectivity index (χ1v) is 7.00. The predicted molar refractivity (Wildman–Crippen MR) is 70.6 cm³/mol. The number of fused-ring (bicyclic) bond motifs is 1. The molecule has 98 valence electrons. The van der Waals surface area contributed by atoms with Gasteiger partial charge in [-0.25, -0.2) is 0 Å². The van der Waals surface area contributed by atoms with Crippen molar-refractivity contribution in [3.63, 3.8) is 0 Å². The molecule has 1 aromatic carbocycles. The zero-order chi connectivity index (χ0) is 12.5. The van der Waals surface area contributed by atoms with Gasteiger partial charge in [0.05, 0.1) is 6.10 Å². The zero-order valence-electron chi connectivity index (χ0n) is 10.6. The molecule has 18 heavy (non-hydrogen) atoms. The summed E-state index contributed by atoms with van der Waals surface area (Å²) in [6, 6.07) is 6.23. The third-order valence-corrected chi connectivity index (χ3v) is 4.35. The molecular formula is C15H21NO2. The Morgan fingerprint density at radius 3 is 2.78 bits per heavy atom. The Kier molecular flexibility index (Phi) is 3.27. The summed E-state index contributed by atoms with van der Waals surface area (Å²) in [5.74, 6) is 0.354. The molecule has 0 amide bonds. The minimum absolute atomic E-state index is 0.195. The topological polar surface area (TPSA) is 52.5 Å². The van der Waals surface area contributed by atoms with E-state index in [4.69, 9.17) is 0 Å². The molecular weight excluding hydrogens is 226 g/mol. The van der Waals surface area contributed by atoms with E-state index >= 15 is 0 Å². The fraction of sp³-hybridized carbons (Fsp3) is 0.600. The maximum Gasteiger partial charge on any atom is 0.115 e. The van der Waals surface area contributed by atoms with Gasteiger partial charge < -0.3 is 15.5 Å². The molecule has 3 rings (SSSR count). The number of phenols is 1. The second kappa shape index (κ2) is 4.90. The summed E-state index contributed by atoms with van der Waals surface area (Å²) in [5.41, 5.74) is 2.54. The lowest BCUT2D eigenvalue weighted by molar-refractivity contribution is 0.0848. The lowest BCUT2D eigenvalue weighted by Gasteiger charge is -2.31. The number of benzene rings is 1. The molecule has 0 bridgehead atoms. The third-order valence-electron chi connectivity index (χ3n) is 4.35. The number of nitrogens with one attached hydrogen (secondary N) is 1.